The van der Waals surface area contributed by atoms with Crippen LogP contribution in [0.1, 0.15) is 12.8 Å². The third-order valence-electron chi connectivity index (χ3n) is 3.75. The van der Waals surface area contributed by atoms with Crippen LogP contribution in [0.4, 0.5) is 35.1 Å². The Balaban J connectivity index is 7.58. The summed E-state index contributed by atoms with van der Waals surface area (Å²) in [6, 6.07) is 0. The minimum atomic E-state index is -5.99. The Kier molecular flexibility index (Phi) is 13.7. The SMILES string of the molecule is O=C(CF)NN(C(=O)CC(F)(F)F)N(NC(=O)C(Cl)(Cl)Cl)C(=O)C(NC(=O)CCF)(NC(=O)C(F)(F)F)C(Cl)(Cl)Cl. The van der Waals surface area contributed by atoms with Gasteiger partial charge in [0.25, 0.3) is 21.5 Å². The first-order valence-electron chi connectivity index (χ1n) is 9.54. The minimum absolute atomic E-state index is 0.699. The van der Waals surface area contributed by atoms with E-state index in [2.05, 4.69) is 0 Å². The number of hydrogen-bond acceptors (Lipinski definition) is 6. The second-order valence-electron chi connectivity index (χ2n) is 6.91. The topological polar surface area (TPSA) is 157 Å². The van der Waals surface area contributed by atoms with Gasteiger partial charge in [0, 0.05) is 0 Å². The normalized spacial score (nSPS) is 13.8. The number of hydrazine groups is 3. The summed E-state index contributed by atoms with van der Waals surface area (Å²) < 4.78 is 96.8. The number of alkyl halides is 14. The lowest BCUT2D eigenvalue weighted by atomic mass is 10.1. The molecule has 0 heterocycles. The number of carbonyl (C=O) groups excluding carboxylic acids is 6. The van der Waals surface area contributed by atoms with Crippen molar-refractivity contribution in [1.29, 1.82) is 0 Å². The monoisotopic (exact) mass is 734 g/mol. The summed E-state index contributed by atoms with van der Waals surface area (Å²) in [7, 11) is 0. The van der Waals surface area contributed by atoms with E-state index < -0.39 is 97.5 Å². The van der Waals surface area contributed by atoms with Crippen LogP contribution in [0.5, 0.6) is 0 Å². The van der Waals surface area contributed by atoms with Gasteiger partial charge in [-0.3, -0.25) is 33.2 Å². The second-order valence-corrected chi connectivity index (χ2v) is 11.5. The van der Waals surface area contributed by atoms with Crippen LogP contribution >= 0.6 is 69.6 Å². The molecular weight excluding hydrogens is 725 g/mol. The molecule has 6 amide bonds. The van der Waals surface area contributed by atoms with Gasteiger partial charge in [-0.2, -0.15) is 26.3 Å². The Hall–Kier alpha value is -2.00. The molecule has 1 unspecified atom stereocenters. The van der Waals surface area contributed by atoms with E-state index in [1.165, 1.54) is 5.32 Å². The van der Waals surface area contributed by atoms with E-state index in [4.69, 9.17) is 69.6 Å². The molecule has 0 fully saturated rings. The Morgan fingerprint density at radius 1 is 0.683 bits per heavy atom. The van der Waals surface area contributed by atoms with Crippen molar-refractivity contribution in [3.05, 3.63) is 0 Å². The molecule has 0 bridgehead atoms. The lowest BCUT2D eigenvalue weighted by molar-refractivity contribution is -0.201. The number of amides is 6. The summed E-state index contributed by atoms with van der Waals surface area (Å²) in [4.78, 5) is 73.8. The van der Waals surface area contributed by atoms with Crippen LogP contribution in [0.3, 0.4) is 0 Å². The third-order valence-corrected chi connectivity index (χ3v) is 5.12. The largest absolute Gasteiger partial charge is 0.471 e. The fraction of sp³-hybridized carbons (Fsp3) is 0.600. The molecule has 1 atom stereocenters. The maximum Gasteiger partial charge on any atom is 0.471 e. The highest BCUT2D eigenvalue weighted by Gasteiger charge is 2.63. The molecule has 0 aromatic carbocycles. The predicted molar refractivity (Wildman–Crippen MR) is 123 cm³/mol. The van der Waals surface area contributed by atoms with Crippen molar-refractivity contribution in [1.82, 2.24) is 31.7 Å². The van der Waals surface area contributed by atoms with E-state index >= 15 is 0 Å². The van der Waals surface area contributed by atoms with Crippen LogP contribution in [0.25, 0.3) is 0 Å². The quantitative estimate of drug-likeness (QED) is 0.136. The van der Waals surface area contributed by atoms with E-state index in [1.54, 1.807) is 0 Å². The van der Waals surface area contributed by atoms with E-state index in [0.29, 0.717) is 5.32 Å². The maximum atomic E-state index is 13.6. The first-order chi connectivity index (χ1) is 18.2. The summed E-state index contributed by atoms with van der Waals surface area (Å²) in [5.41, 5.74) is -2.19. The molecule has 0 rings (SSSR count). The fourth-order valence-electron chi connectivity index (χ4n) is 2.13. The standard InChI is InChI=1S/C15H12Cl6F8N6O6/c16-13(17,18)8(39)33-35(34(32-6(37)4-23)7(38)3-11(24,25)26)10(41)12(15(19,20)21,30-5(36)1-2-22)31-9(40)14(27,28)29/h1-4H2,(H,30,36)(H,31,40)(H,32,37)(H,33,39). The van der Waals surface area contributed by atoms with Gasteiger partial charge in [0.1, 0.15) is 6.42 Å². The smallest absolute Gasteiger partial charge is 0.322 e. The van der Waals surface area contributed by atoms with Crippen LogP contribution in [-0.2, 0) is 28.8 Å². The predicted octanol–water partition coefficient (Wildman–Crippen LogP) is 2.13. The van der Waals surface area contributed by atoms with Gasteiger partial charge in [-0.05, 0) is 0 Å². The number of rotatable bonds is 7. The molecule has 0 spiro atoms. The molecule has 0 aromatic heterocycles. The Morgan fingerprint density at radius 2 is 1.20 bits per heavy atom. The lowest BCUT2D eigenvalue weighted by Crippen LogP contribution is -2.80. The molecule has 12 nitrogen and oxygen atoms in total. The fourth-order valence-corrected chi connectivity index (χ4v) is 2.78. The molecular formula is C15H12Cl6F8N6O6. The number of nitrogens with zero attached hydrogens (tertiary/aromatic N) is 2. The van der Waals surface area contributed by atoms with Gasteiger partial charge in [0.2, 0.25) is 15.4 Å². The third kappa shape index (κ3) is 11.7. The molecule has 4 N–H and O–H groups in total. The van der Waals surface area contributed by atoms with Crippen LogP contribution in [0.2, 0.25) is 0 Å². The number of hydrogen-bond donors (Lipinski definition) is 4. The van der Waals surface area contributed by atoms with Gasteiger partial charge in [-0.25, -0.2) is 15.2 Å². The zero-order chi connectivity index (χ0) is 32.8. The van der Waals surface area contributed by atoms with Crippen molar-refractivity contribution in [3.8, 4) is 0 Å². The highest BCUT2D eigenvalue weighted by Crippen LogP contribution is 2.39. The zero-order valence-electron chi connectivity index (χ0n) is 19.0. The van der Waals surface area contributed by atoms with E-state index in [9.17, 15) is 63.9 Å². The van der Waals surface area contributed by atoms with Gasteiger partial charge in [0.15, 0.2) is 6.67 Å². The summed E-state index contributed by atoms with van der Waals surface area (Å²) in [5, 5.41) is -0.150. The molecule has 0 aromatic rings. The zero-order valence-corrected chi connectivity index (χ0v) is 23.5. The number of carbonyl (C=O) groups is 6. The first kappa shape index (κ1) is 39.0. The second kappa shape index (κ2) is 14.5. The average Bonchev–Trinajstić information content (AvgIpc) is 2.76. The first-order valence-corrected chi connectivity index (χ1v) is 11.8. The van der Waals surface area contributed by atoms with Gasteiger partial charge in [-0.15, -0.1) is 10.2 Å². The van der Waals surface area contributed by atoms with Crippen molar-refractivity contribution in [2.45, 2.75) is 38.4 Å². The van der Waals surface area contributed by atoms with E-state index in [1.807, 2.05) is 0 Å². The van der Waals surface area contributed by atoms with Gasteiger partial charge in [-0.1, -0.05) is 69.6 Å². The average molecular weight is 737 g/mol. The van der Waals surface area contributed by atoms with Crippen molar-refractivity contribution in [3.63, 3.8) is 0 Å². The van der Waals surface area contributed by atoms with Gasteiger partial charge in [0.05, 0.1) is 13.1 Å². The molecule has 0 aliphatic rings. The molecule has 0 radical (unpaired) electrons. The maximum absolute atomic E-state index is 13.6. The summed E-state index contributed by atoms with van der Waals surface area (Å²) in [6.07, 6.45) is -15.5. The lowest BCUT2D eigenvalue weighted by Gasteiger charge is -2.44. The van der Waals surface area contributed by atoms with Crippen LogP contribution < -0.4 is 21.5 Å². The Bertz CT molecular complexity index is 1040. The highest BCUT2D eigenvalue weighted by atomic mass is 35.6. The van der Waals surface area contributed by atoms with Crippen molar-refractivity contribution in [2.75, 3.05) is 13.3 Å². The summed E-state index contributed by atoms with van der Waals surface area (Å²) in [6.45, 7) is -3.77. The molecule has 41 heavy (non-hydrogen) atoms. The minimum Gasteiger partial charge on any atom is -0.322 e. The highest BCUT2D eigenvalue weighted by molar-refractivity contribution is 6.76. The van der Waals surface area contributed by atoms with Gasteiger partial charge < -0.3 is 10.6 Å². The van der Waals surface area contributed by atoms with E-state index in [0.717, 1.165) is 10.9 Å². The molecule has 0 saturated heterocycles. The Morgan fingerprint density at radius 3 is 1.56 bits per heavy atom. The molecule has 0 aliphatic carbocycles. The molecule has 236 valence electrons. The molecule has 0 saturated carbocycles. The van der Waals surface area contributed by atoms with E-state index in [-0.39, 0.29) is 0 Å². The number of nitrogens with one attached hydrogen (secondary N) is 4. The van der Waals surface area contributed by atoms with Crippen molar-refractivity contribution < 1.29 is 63.9 Å². The summed E-state index contributed by atoms with van der Waals surface area (Å²) in [5.74, 6) is -14.6. The molecule has 0 aliphatic heterocycles. The molecule has 26 heteroatoms. The van der Waals surface area contributed by atoms with Crippen LogP contribution in [0.15, 0.2) is 0 Å². The van der Waals surface area contributed by atoms with Crippen molar-refractivity contribution in [2.24, 2.45) is 0 Å². The van der Waals surface area contributed by atoms with Crippen LogP contribution in [-0.4, -0.2) is 84.6 Å². The Labute approximate surface area is 252 Å². The van der Waals surface area contributed by atoms with Gasteiger partial charge >= 0.3 is 24.2 Å². The number of halogens is 14. The van der Waals surface area contributed by atoms with Crippen molar-refractivity contribution >= 4 is 105 Å². The summed E-state index contributed by atoms with van der Waals surface area (Å²) >= 11 is 32.5. The van der Waals surface area contributed by atoms with Crippen LogP contribution in [0, 0.1) is 0 Å².